The highest BCUT2D eigenvalue weighted by atomic mass is 16.5. The zero-order chi connectivity index (χ0) is 17.5. The van der Waals surface area contributed by atoms with Crippen molar-refractivity contribution >= 4 is 0 Å². The minimum absolute atomic E-state index is 0.123. The van der Waals surface area contributed by atoms with E-state index in [0.717, 1.165) is 17.5 Å². The number of methoxy groups -OCH3 is 4. The molecule has 2 aromatic rings. The first kappa shape index (κ1) is 17.7. The van der Waals surface area contributed by atoms with E-state index in [-0.39, 0.29) is 5.43 Å². The molecule has 0 radical (unpaired) electrons. The molecular formula is C19H22O5. The summed E-state index contributed by atoms with van der Waals surface area (Å²) in [5.41, 5.74) is 1.86. The minimum Gasteiger partial charge on any atom is -0.493 e. The van der Waals surface area contributed by atoms with Gasteiger partial charge in [0, 0.05) is 0 Å². The largest absolute Gasteiger partial charge is 0.493 e. The lowest BCUT2D eigenvalue weighted by Gasteiger charge is -2.14. The summed E-state index contributed by atoms with van der Waals surface area (Å²) in [4.78, 5) is 12.0. The fourth-order valence-corrected chi connectivity index (χ4v) is 2.52. The third kappa shape index (κ3) is 3.98. The molecule has 0 atom stereocenters. The SMILES string of the molecule is COc1cc(CCc2cccc(OC)c(=O)c2)cc(OC)c1OC. The van der Waals surface area contributed by atoms with Crippen molar-refractivity contribution in [1.82, 2.24) is 0 Å². The molecular weight excluding hydrogens is 308 g/mol. The van der Waals surface area contributed by atoms with E-state index in [4.69, 9.17) is 18.9 Å². The number of hydrogen-bond acceptors (Lipinski definition) is 5. The van der Waals surface area contributed by atoms with E-state index in [1.807, 2.05) is 24.3 Å². The molecule has 0 aliphatic rings. The van der Waals surface area contributed by atoms with Crippen LogP contribution in [0.3, 0.4) is 0 Å². The van der Waals surface area contributed by atoms with Crippen LogP contribution in [-0.2, 0) is 12.8 Å². The molecule has 0 aliphatic heterocycles. The Morgan fingerprint density at radius 3 is 1.83 bits per heavy atom. The van der Waals surface area contributed by atoms with E-state index in [2.05, 4.69) is 0 Å². The molecule has 0 saturated carbocycles. The zero-order valence-electron chi connectivity index (χ0n) is 14.4. The maximum absolute atomic E-state index is 12.0. The number of hydrogen-bond donors (Lipinski definition) is 0. The van der Waals surface area contributed by atoms with Gasteiger partial charge in [0.25, 0.3) is 0 Å². The smallest absolute Gasteiger partial charge is 0.220 e. The third-order valence-corrected chi connectivity index (χ3v) is 3.76. The molecule has 24 heavy (non-hydrogen) atoms. The Labute approximate surface area is 141 Å². The summed E-state index contributed by atoms with van der Waals surface area (Å²) in [5, 5.41) is 0. The van der Waals surface area contributed by atoms with Gasteiger partial charge in [0.15, 0.2) is 17.2 Å². The predicted molar refractivity (Wildman–Crippen MR) is 92.8 cm³/mol. The summed E-state index contributed by atoms with van der Waals surface area (Å²) < 4.78 is 21.1. The molecule has 2 rings (SSSR count). The fourth-order valence-electron chi connectivity index (χ4n) is 2.52. The molecule has 0 aromatic heterocycles. The first-order chi connectivity index (χ1) is 11.6. The highest BCUT2D eigenvalue weighted by molar-refractivity contribution is 5.54. The Kier molecular flexibility index (Phi) is 6.07. The summed E-state index contributed by atoms with van der Waals surface area (Å²) in [7, 11) is 6.25. The molecule has 0 N–H and O–H groups in total. The van der Waals surface area contributed by atoms with Gasteiger partial charge in [-0.2, -0.15) is 0 Å². The Balaban J connectivity index is 2.25. The van der Waals surface area contributed by atoms with E-state index in [9.17, 15) is 4.79 Å². The molecule has 0 unspecified atom stereocenters. The van der Waals surface area contributed by atoms with Crippen molar-refractivity contribution in [2.75, 3.05) is 28.4 Å². The topological polar surface area (TPSA) is 54.0 Å². The van der Waals surface area contributed by atoms with Gasteiger partial charge < -0.3 is 18.9 Å². The summed E-state index contributed by atoms with van der Waals surface area (Å²) >= 11 is 0. The first-order valence-electron chi connectivity index (χ1n) is 7.59. The van der Waals surface area contributed by atoms with Crippen molar-refractivity contribution in [2.45, 2.75) is 12.8 Å². The van der Waals surface area contributed by atoms with Crippen molar-refractivity contribution in [2.24, 2.45) is 0 Å². The van der Waals surface area contributed by atoms with E-state index in [1.54, 1.807) is 33.5 Å². The minimum atomic E-state index is -0.123. The lowest BCUT2D eigenvalue weighted by atomic mass is 10.0. The van der Waals surface area contributed by atoms with Crippen molar-refractivity contribution in [3.05, 3.63) is 57.7 Å². The van der Waals surface area contributed by atoms with E-state index < -0.39 is 0 Å². The van der Waals surface area contributed by atoms with E-state index in [0.29, 0.717) is 29.4 Å². The first-order valence-corrected chi connectivity index (χ1v) is 7.59. The maximum Gasteiger partial charge on any atom is 0.220 e. The van der Waals surface area contributed by atoms with Crippen molar-refractivity contribution in [1.29, 1.82) is 0 Å². The predicted octanol–water partition coefficient (Wildman–Crippen LogP) is 2.87. The van der Waals surface area contributed by atoms with E-state index >= 15 is 0 Å². The Hall–Kier alpha value is -2.69. The molecule has 0 aliphatic carbocycles. The Morgan fingerprint density at radius 1 is 0.708 bits per heavy atom. The monoisotopic (exact) mass is 330 g/mol. The molecule has 0 fully saturated rings. The van der Waals surface area contributed by atoms with Crippen molar-refractivity contribution < 1.29 is 18.9 Å². The highest BCUT2D eigenvalue weighted by Gasteiger charge is 2.13. The second kappa shape index (κ2) is 8.24. The summed E-state index contributed by atoms with van der Waals surface area (Å²) in [6, 6.07) is 10.9. The standard InChI is InChI=1S/C19H22O5/c1-21-16-7-5-6-13(10-15(16)20)8-9-14-11-17(22-2)19(24-4)18(12-14)23-3/h5-7,10-12H,8-9H2,1-4H3. The van der Waals surface area contributed by atoms with Crippen LogP contribution in [-0.4, -0.2) is 28.4 Å². The van der Waals surface area contributed by atoms with Crippen molar-refractivity contribution in [3.8, 4) is 23.0 Å². The second-order valence-corrected chi connectivity index (χ2v) is 5.21. The third-order valence-electron chi connectivity index (χ3n) is 3.76. The van der Waals surface area contributed by atoms with Gasteiger partial charge in [-0.05, 0) is 48.2 Å². The van der Waals surface area contributed by atoms with Gasteiger partial charge in [-0.15, -0.1) is 0 Å². The molecule has 5 heteroatoms. The average Bonchev–Trinajstić information content (AvgIpc) is 2.79. The van der Waals surface area contributed by atoms with Crippen LogP contribution in [0.4, 0.5) is 0 Å². The van der Waals surface area contributed by atoms with Crippen LogP contribution >= 0.6 is 0 Å². The summed E-state index contributed by atoms with van der Waals surface area (Å²) in [6.07, 6.45) is 1.45. The lowest BCUT2D eigenvalue weighted by Crippen LogP contribution is -2.02. The van der Waals surface area contributed by atoms with Crippen molar-refractivity contribution in [3.63, 3.8) is 0 Å². The van der Waals surface area contributed by atoms with Crippen LogP contribution in [0.25, 0.3) is 0 Å². The normalized spacial score (nSPS) is 10.2. The van der Waals surface area contributed by atoms with Gasteiger partial charge >= 0.3 is 0 Å². The van der Waals surface area contributed by atoms with Gasteiger partial charge in [0.05, 0.1) is 28.4 Å². The number of benzene rings is 1. The van der Waals surface area contributed by atoms with Gasteiger partial charge in [-0.1, -0.05) is 12.1 Å². The Morgan fingerprint density at radius 2 is 1.29 bits per heavy atom. The molecule has 0 spiro atoms. The van der Waals surface area contributed by atoms with Crippen LogP contribution < -0.4 is 24.4 Å². The molecule has 0 amide bonds. The number of ether oxygens (including phenoxy) is 4. The summed E-state index contributed by atoms with van der Waals surface area (Å²) in [6.45, 7) is 0. The van der Waals surface area contributed by atoms with Crippen LogP contribution in [0.2, 0.25) is 0 Å². The number of rotatable bonds is 7. The van der Waals surface area contributed by atoms with Crippen LogP contribution in [0.1, 0.15) is 11.1 Å². The van der Waals surface area contributed by atoms with Crippen LogP contribution in [0, 0.1) is 0 Å². The molecule has 2 aromatic carbocycles. The van der Waals surface area contributed by atoms with Gasteiger partial charge in [0.1, 0.15) is 0 Å². The molecule has 128 valence electrons. The second-order valence-electron chi connectivity index (χ2n) is 5.21. The average molecular weight is 330 g/mol. The number of aryl methyl sites for hydroxylation is 2. The highest BCUT2D eigenvalue weighted by Crippen LogP contribution is 2.38. The van der Waals surface area contributed by atoms with Gasteiger partial charge in [-0.25, -0.2) is 0 Å². The molecule has 0 heterocycles. The molecule has 0 saturated heterocycles. The zero-order valence-corrected chi connectivity index (χ0v) is 14.4. The van der Waals surface area contributed by atoms with Gasteiger partial charge in [0.2, 0.25) is 11.2 Å². The van der Waals surface area contributed by atoms with E-state index in [1.165, 1.54) is 7.11 Å². The summed E-state index contributed by atoms with van der Waals surface area (Å²) in [5.74, 6) is 2.16. The lowest BCUT2D eigenvalue weighted by molar-refractivity contribution is 0.324. The van der Waals surface area contributed by atoms with Crippen LogP contribution in [0.15, 0.2) is 41.2 Å². The quantitative estimate of drug-likeness (QED) is 0.781. The maximum atomic E-state index is 12.0. The van der Waals surface area contributed by atoms with Gasteiger partial charge in [-0.3, -0.25) is 4.79 Å². The Bertz CT molecular complexity index is 730. The van der Waals surface area contributed by atoms with Crippen LogP contribution in [0.5, 0.6) is 23.0 Å². The molecule has 5 nitrogen and oxygen atoms in total. The fraction of sp³-hybridized carbons (Fsp3) is 0.316. The molecule has 0 bridgehead atoms.